The Morgan fingerprint density at radius 3 is 2.61 bits per heavy atom. The predicted octanol–water partition coefficient (Wildman–Crippen LogP) is 4.70. The van der Waals surface area contributed by atoms with Gasteiger partial charge in [-0.05, 0) is 49.6 Å². The lowest BCUT2D eigenvalue weighted by Crippen LogP contribution is -2.32. The molecule has 0 aliphatic carbocycles. The van der Waals surface area contributed by atoms with E-state index in [0.29, 0.717) is 18.3 Å². The molecule has 2 aromatic carbocycles. The molecule has 0 spiro atoms. The summed E-state index contributed by atoms with van der Waals surface area (Å²) in [4.78, 5) is 21.7. The summed E-state index contributed by atoms with van der Waals surface area (Å²) in [5.74, 6) is -0.0322. The summed E-state index contributed by atoms with van der Waals surface area (Å²) in [5, 5.41) is 0. The van der Waals surface area contributed by atoms with Crippen molar-refractivity contribution in [3.63, 3.8) is 0 Å². The molecule has 0 unspecified atom stereocenters. The van der Waals surface area contributed by atoms with E-state index >= 15 is 0 Å². The van der Waals surface area contributed by atoms with Gasteiger partial charge in [0, 0.05) is 36.7 Å². The minimum Gasteiger partial charge on any atom is -0.365 e. The molecule has 0 N–H and O–H groups in total. The van der Waals surface area contributed by atoms with Gasteiger partial charge in [0.15, 0.2) is 0 Å². The van der Waals surface area contributed by atoms with Crippen molar-refractivity contribution in [2.75, 3.05) is 16.3 Å². The number of rotatable bonds is 5. The van der Waals surface area contributed by atoms with Crippen LogP contribution in [0, 0.1) is 0 Å². The summed E-state index contributed by atoms with van der Waals surface area (Å²) >= 11 is 0. The molecule has 4 nitrogen and oxygen atoms in total. The minimum absolute atomic E-state index is 0.0322. The fourth-order valence-electron chi connectivity index (χ4n) is 3.75. The first-order valence-electron chi connectivity index (χ1n) is 9.80. The molecule has 28 heavy (non-hydrogen) atoms. The van der Waals surface area contributed by atoms with Crippen LogP contribution in [0.3, 0.4) is 0 Å². The molecule has 142 valence electrons. The van der Waals surface area contributed by atoms with E-state index in [-0.39, 0.29) is 5.91 Å². The molecule has 0 radical (unpaired) electrons. The van der Waals surface area contributed by atoms with Gasteiger partial charge in [0.05, 0.1) is 0 Å². The predicted molar refractivity (Wildman–Crippen MR) is 114 cm³/mol. The number of fused-ring (bicyclic) bond motifs is 1. The van der Waals surface area contributed by atoms with Crippen molar-refractivity contribution in [2.24, 2.45) is 0 Å². The maximum Gasteiger partial charge on any atom is 0.276 e. The fraction of sp³-hybridized carbons (Fsp3) is 0.250. The summed E-state index contributed by atoms with van der Waals surface area (Å²) < 4.78 is 0. The first kappa shape index (κ1) is 18.2. The Labute approximate surface area is 166 Å². The van der Waals surface area contributed by atoms with Crippen molar-refractivity contribution in [3.05, 3.63) is 89.7 Å². The number of para-hydroxylation sites is 1. The maximum atomic E-state index is 13.2. The zero-order valence-electron chi connectivity index (χ0n) is 16.4. The lowest BCUT2D eigenvalue weighted by molar-refractivity contribution is 0.0984. The van der Waals surface area contributed by atoms with Crippen LogP contribution in [-0.2, 0) is 13.0 Å². The Morgan fingerprint density at radius 1 is 1.07 bits per heavy atom. The highest BCUT2D eigenvalue weighted by molar-refractivity contribution is 6.06. The number of hydrogen-bond donors (Lipinski definition) is 0. The Hall–Kier alpha value is -3.14. The first-order valence-corrected chi connectivity index (χ1v) is 9.80. The maximum absolute atomic E-state index is 13.2. The van der Waals surface area contributed by atoms with Gasteiger partial charge >= 0.3 is 0 Å². The number of nitrogens with zero attached hydrogens (tertiary/aromatic N) is 3. The van der Waals surface area contributed by atoms with E-state index in [9.17, 15) is 4.79 Å². The number of aromatic nitrogens is 1. The van der Waals surface area contributed by atoms with Gasteiger partial charge < -0.3 is 9.80 Å². The molecule has 1 amide bonds. The van der Waals surface area contributed by atoms with Crippen LogP contribution in [0.5, 0.6) is 0 Å². The monoisotopic (exact) mass is 371 g/mol. The molecule has 0 saturated heterocycles. The van der Waals surface area contributed by atoms with E-state index < -0.39 is 0 Å². The molecule has 0 atom stereocenters. The van der Waals surface area contributed by atoms with Gasteiger partial charge in [-0.25, -0.2) is 0 Å². The summed E-state index contributed by atoms with van der Waals surface area (Å²) in [6.07, 6.45) is 2.64. The highest BCUT2D eigenvalue weighted by Crippen LogP contribution is 2.29. The molecular weight excluding hydrogens is 346 g/mol. The largest absolute Gasteiger partial charge is 0.365 e. The van der Waals surface area contributed by atoms with Crippen molar-refractivity contribution in [2.45, 2.75) is 32.9 Å². The highest BCUT2D eigenvalue weighted by atomic mass is 16.2. The molecular formula is C24H25N3O. The summed E-state index contributed by atoms with van der Waals surface area (Å²) in [5.41, 5.74) is 4.98. The lowest BCUT2D eigenvalue weighted by Gasteiger charge is -2.29. The molecule has 2 heterocycles. The number of carbonyl (C=O) groups excluding carboxylic acids is 1. The number of anilines is 2. The Kier molecular flexibility index (Phi) is 5.11. The third-order valence-corrected chi connectivity index (χ3v) is 5.25. The van der Waals surface area contributed by atoms with Crippen LogP contribution in [0.1, 0.15) is 35.5 Å². The topological polar surface area (TPSA) is 36.4 Å². The van der Waals surface area contributed by atoms with Gasteiger partial charge in [-0.2, -0.15) is 0 Å². The average molecular weight is 371 g/mol. The number of carbonyl (C=O) groups is 1. The molecule has 4 heteroatoms. The van der Waals surface area contributed by atoms with Gasteiger partial charge in [-0.15, -0.1) is 0 Å². The molecule has 1 aliphatic heterocycles. The number of benzene rings is 2. The van der Waals surface area contributed by atoms with Crippen molar-refractivity contribution in [3.8, 4) is 0 Å². The van der Waals surface area contributed by atoms with E-state index in [0.717, 1.165) is 24.3 Å². The van der Waals surface area contributed by atoms with Gasteiger partial charge in [0.25, 0.3) is 5.91 Å². The van der Waals surface area contributed by atoms with Gasteiger partial charge in [-0.1, -0.05) is 48.5 Å². The van der Waals surface area contributed by atoms with Gasteiger partial charge in [0.2, 0.25) is 0 Å². The first-order chi connectivity index (χ1) is 13.6. The Balaban J connectivity index is 1.61. The van der Waals surface area contributed by atoms with Gasteiger partial charge in [-0.3, -0.25) is 9.78 Å². The summed E-state index contributed by atoms with van der Waals surface area (Å²) in [6, 6.07) is 22.7. The van der Waals surface area contributed by atoms with Crippen molar-refractivity contribution in [1.29, 1.82) is 0 Å². The van der Waals surface area contributed by atoms with Crippen LogP contribution in [-0.4, -0.2) is 23.5 Å². The van der Waals surface area contributed by atoms with Crippen LogP contribution in [0.25, 0.3) is 0 Å². The van der Waals surface area contributed by atoms with E-state index in [2.05, 4.69) is 54.1 Å². The number of pyridine rings is 1. The van der Waals surface area contributed by atoms with Crippen LogP contribution in [0.4, 0.5) is 11.4 Å². The molecule has 0 fully saturated rings. The average Bonchev–Trinajstić information content (AvgIpc) is 3.16. The zero-order valence-corrected chi connectivity index (χ0v) is 16.4. The van der Waals surface area contributed by atoms with Crippen molar-refractivity contribution >= 4 is 17.3 Å². The highest BCUT2D eigenvalue weighted by Gasteiger charge is 2.26. The van der Waals surface area contributed by atoms with Crippen molar-refractivity contribution in [1.82, 2.24) is 4.98 Å². The van der Waals surface area contributed by atoms with E-state index in [1.54, 1.807) is 6.20 Å². The van der Waals surface area contributed by atoms with E-state index in [4.69, 9.17) is 0 Å². The van der Waals surface area contributed by atoms with Crippen LogP contribution in [0.2, 0.25) is 0 Å². The molecule has 0 saturated carbocycles. The van der Waals surface area contributed by atoms with Crippen LogP contribution >= 0.6 is 0 Å². The third kappa shape index (κ3) is 3.63. The summed E-state index contributed by atoms with van der Waals surface area (Å²) in [6.45, 7) is 5.84. The number of hydrogen-bond acceptors (Lipinski definition) is 3. The molecule has 3 aromatic rings. The second kappa shape index (κ2) is 7.85. The van der Waals surface area contributed by atoms with Gasteiger partial charge in [0.1, 0.15) is 5.69 Å². The smallest absolute Gasteiger partial charge is 0.276 e. The SMILES string of the molecule is CC(C)N(Cc1ccccc1)c1ccnc(C(=O)N2CCc3ccccc32)c1. The van der Waals surface area contributed by atoms with E-state index in [1.165, 1.54) is 11.1 Å². The third-order valence-electron chi connectivity index (χ3n) is 5.25. The van der Waals surface area contributed by atoms with Crippen LogP contribution < -0.4 is 9.80 Å². The molecule has 1 aromatic heterocycles. The molecule has 4 rings (SSSR count). The lowest BCUT2D eigenvalue weighted by atomic mass is 10.1. The normalized spacial score (nSPS) is 12.9. The number of amides is 1. The summed E-state index contributed by atoms with van der Waals surface area (Å²) in [7, 11) is 0. The van der Waals surface area contributed by atoms with E-state index in [1.807, 2.05) is 41.3 Å². The van der Waals surface area contributed by atoms with Crippen LogP contribution in [0.15, 0.2) is 72.9 Å². The second-order valence-electron chi connectivity index (χ2n) is 7.44. The Morgan fingerprint density at radius 2 is 1.82 bits per heavy atom. The van der Waals surface area contributed by atoms with Crippen molar-refractivity contribution < 1.29 is 4.79 Å². The standard InChI is InChI=1S/C24H25N3O/c1-18(2)27(17-19-8-4-3-5-9-19)21-12-14-25-22(16-21)24(28)26-15-13-20-10-6-7-11-23(20)26/h3-12,14,16,18H,13,15,17H2,1-2H3. The minimum atomic E-state index is -0.0322. The quantitative estimate of drug-likeness (QED) is 0.652. The fourth-order valence-corrected chi connectivity index (χ4v) is 3.75. The Bertz CT molecular complexity index is 968. The molecule has 1 aliphatic rings. The second-order valence-corrected chi connectivity index (χ2v) is 7.44. The zero-order chi connectivity index (χ0) is 19.5. The molecule has 0 bridgehead atoms.